The highest BCUT2D eigenvalue weighted by Gasteiger charge is 2.67. The number of nitrogens with one attached hydrogen (secondary N) is 2. The Kier molecular flexibility index (Phi) is 2.08. The summed E-state index contributed by atoms with van der Waals surface area (Å²) < 4.78 is 0. The molecule has 2 atom stereocenters. The van der Waals surface area contributed by atoms with Gasteiger partial charge in [0.25, 0.3) is 0 Å². The van der Waals surface area contributed by atoms with Crippen molar-refractivity contribution in [1.29, 1.82) is 0 Å². The van der Waals surface area contributed by atoms with Gasteiger partial charge in [-0.25, -0.2) is 0 Å². The molecule has 4 heteroatoms. The molecular formula is C15H16N2O2. The van der Waals surface area contributed by atoms with Crippen molar-refractivity contribution < 1.29 is 9.59 Å². The Labute approximate surface area is 111 Å². The Morgan fingerprint density at radius 3 is 2.95 bits per heavy atom. The fraction of sp³-hybridized carbons (Fsp3) is 0.467. The predicted molar refractivity (Wildman–Crippen MR) is 70.6 cm³/mol. The lowest BCUT2D eigenvalue weighted by molar-refractivity contribution is -0.125. The molecule has 1 aliphatic heterocycles. The maximum absolute atomic E-state index is 12.2. The number of carbonyl (C=O) groups excluding carboxylic acids is 2. The number of benzene rings is 1. The Morgan fingerprint density at radius 2 is 2.16 bits per heavy atom. The SMILES string of the molecule is O=C(NCC1CC1)C1CC12C(=O)Nc1ccccc12. The van der Waals surface area contributed by atoms with Gasteiger partial charge in [-0.15, -0.1) is 0 Å². The molecular weight excluding hydrogens is 240 g/mol. The molecule has 4 rings (SSSR count). The number of para-hydroxylation sites is 1. The first-order valence-corrected chi connectivity index (χ1v) is 6.90. The minimum atomic E-state index is -0.579. The van der Waals surface area contributed by atoms with Crippen LogP contribution in [0.3, 0.4) is 0 Å². The Hall–Kier alpha value is -1.84. The molecule has 19 heavy (non-hydrogen) atoms. The highest BCUT2D eigenvalue weighted by molar-refractivity contribution is 6.12. The van der Waals surface area contributed by atoms with E-state index in [0.29, 0.717) is 12.3 Å². The van der Waals surface area contributed by atoms with Gasteiger partial charge in [-0.3, -0.25) is 9.59 Å². The smallest absolute Gasteiger partial charge is 0.235 e. The van der Waals surface area contributed by atoms with Gasteiger partial charge >= 0.3 is 0 Å². The van der Waals surface area contributed by atoms with Gasteiger partial charge in [0.1, 0.15) is 0 Å². The predicted octanol–water partition coefficient (Wildman–Crippen LogP) is 1.42. The normalized spacial score (nSPS) is 30.9. The van der Waals surface area contributed by atoms with Crippen molar-refractivity contribution in [2.75, 3.05) is 11.9 Å². The summed E-state index contributed by atoms with van der Waals surface area (Å²) in [5.74, 6) is 0.511. The van der Waals surface area contributed by atoms with Gasteiger partial charge in [0, 0.05) is 12.2 Å². The van der Waals surface area contributed by atoms with E-state index < -0.39 is 5.41 Å². The van der Waals surface area contributed by atoms with Crippen molar-refractivity contribution in [2.24, 2.45) is 11.8 Å². The molecule has 0 saturated heterocycles. The van der Waals surface area contributed by atoms with Crippen LogP contribution < -0.4 is 10.6 Å². The summed E-state index contributed by atoms with van der Waals surface area (Å²) in [5, 5.41) is 5.88. The van der Waals surface area contributed by atoms with Crippen molar-refractivity contribution in [3.63, 3.8) is 0 Å². The van der Waals surface area contributed by atoms with Crippen molar-refractivity contribution in [2.45, 2.75) is 24.7 Å². The summed E-state index contributed by atoms with van der Waals surface area (Å²) >= 11 is 0. The third-order valence-electron chi connectivity index (χ3n) is 4.60. The molecule has 1 heterocycles. The second kappa shape index (κ2) is 3.59. The maximum atomic E-state index is 12.2. The highest BCUT2D eigenvalue weighted by Crippen LogP contribution is 2.59. The Balaban J connectivity index is 1.56. The lowest BCUT2D eigenvalue weighted by Crippen LogP contribution is -2.32. The molecule has 2 N–H and O–H groups in total. The summed E-state index contributed by atoms with van der Waals surface area (Å²) in [4.78, 5) is 24.4. The molecule has 2 saturated carbocycles. The third-order valence-corrected chi connectivity index (χ3v) is 4.60. The molecule has 3 aliphatic rings. The fourth-order valence-electron chi connectivity index (χ4n) is 3.16. The van der Waals surface area contributed by atoms with Crippen LogP contribution in [0.4, 0.5) is 5.69 Å². The number of amides is 2. The molecule has 0 aromatic heterocycles. The zero-order valence-corrected chi connectivity index (χ0v) is 10.6. The quantitative estimate of drug-likeness (QED) is 0.859. The Bertz CT molecular complexity index is 579. The second-order valence-corrected chi connectivity index (χ2v) is 5.92. The van der Waals surface area contributed by atoms with Gasteiger partial charge in [-0.05, 0) is 36.8 Å². The first-order valence-electron chi connectivity index (χ1n) is 6.90. The van der Waals surface area contributed by atoms with Crippen LogP contribution in [-0.4, -0.2) is 18.4 Å². The average Bonchev–Trinajstić information content (AvgIpc) is 3.29. The minimum absolute atomic E-state index is 0.0136. The molecule has 0 radical (unpaired) electrons. The van der Waals surface area contributed by atoms with Gasteiger partial charge in [-0.2, -0.15) is 0 Å². The summed E-state index contributed by atoms with van der Waals surface area (Å²) in [6.07, 6.45) is 3.09. The lowest BCUT2D eigenvalue weighted by Gasteiger charge is -2.08. The van der Waals surface area contributed by atoms with Crippen LogP contribution in [0.15, 0.2) is 24.3 Å². The zero-order valence-electron chi connectivity index (χ0n) is 10.6. The lowest BCUT2D eigenvalue weighted by atomic mass is 9.94. The summed E-state index contributed by atoms with van der Waals surface area (Å²) in [5.41, 5.74) is 1.28. The summed E-state index contributed by atoms with van der Waals surface area (Å²) in [7, 11) is 0. The van der Waals surface area contributed by atoms with E-state index in [1.54, 1.807) is 0 Å². The molecule has 1 aromatic rings. The highest BCUT2D eigenvalue weighted by atomic mass is 16.2. The van der Waals surface area contributed by atoms with E-state index in [2.05, 4.69) is 10.6 Å². The summed E-state index contributed by atoms with van der Waals surface area (Å²) in [6.45, 7) is 0.772. The van der Waals surface area contributed by atoms with Crippen LogP contribution in [-0.2, 0) is 15.0 Å². The number of anilines is 1. The van der Waals surface area contributed by atoms with Crippen molar-refractivity contribution >= 4 is 17.5 Å². The monoisotopic (exact) mass is 256 g/mol. The summed E-state index contributed by atoms with van der Waals surface area (Å²) in [6, 6.07) is 7.70. The van der Waals surface area contributed by atoms with E-state index in [-0.39, 0.29) is 17.7 Å². The van der Waals surface area contributed by atoms with Crippen molar-refractivity contribution in [3.05, 3.63) is 29.8 Å². The molecule has 2 unspecified atom stereocenters. The largest absolute Gasteiger partial charge is 0.356 e. The zero-order chi connectivity index (χ0) is 13.0. The van der Waals surface area contributed by atoms with E-state index >= 15 is 0 Å². The number of rotatable bonds is 3. The van der Waals surface area contributed by atoms with Crippen molar-refractivity contribution in [3.8, 4) is 0 Å². The van der Waals surface area contributed by atoms with Crippen LogP contribution in [0.5, 0.6) is 0 Å². The van der Waals surface area contributed by atoms with Crippen LogP contribution in [0.2, 0.25) is 0 Å². The molecule has 2 amide bonds. The van der Waals surface area contributed by atoms with Gasteiger partial charge in [0.15, 0.2) is 0 Å². The molecule has 2 aliphatic carbocycles. The molecule has 1 aromatic carbocycles. The first kappa shape index (κ1) is 11.0. The van der Waals surface area contributed by atoms with Gasteiger partial charge in [0.05, 0.1) is 11.3 Å². The van der Waals surface area contributed by atoms with Crippen molar-refractivity contribution in [1.82, 2.24) is 5.32 Å². The molecule has 0 bridgehead atoms. The molecule has 98 valence electrons. The topological polar surface area (TPSA) is 58.2 Å². The van der Waals surface area contributed by atoms with E-state index in [1.165, 1.54) is 12.8 Å². The van der Waals surface area contributed by atoms with Crippen LogP contribution in [0.25, 0.3) is 0 Å². The third kappa shape index (κ3) is 1.52. The molecule has 4 nitrogen and oxygen atoms in total. The number of carbonyl (C=O) groups is 2. The van der Waals surface area contributed by atoms with Gasteiger partial charge in [-0.1, -0.05) is 18.2 Å². The van der Waals surface area contributed by atoms with E-state index in [4.69, 9.17) is 0 Å². The van der Waals surface area contributed by atoms with Crippen LogP contribution in [0.1, 0.15) is 24.8 Å². The first-order chi connectivity index (χ1) is 9.22. The standard InChI is InChI=1S/C15H16N2O2/c18-13(16-8-9-5-6-9)11-7-15(11)10-3-1-2-4-12(10)17-14(15)19/h1-4,9,11H,5-8H2,(H,16,18)(H,17,19). The molecule has 2 fully saturated rings. The second-order valence-electron chi connectivity index (χ2n) is 5.92. The number of fused-ring (bicyclic) bond motifs is 2. The maximum Gasteiger partial charge on any atom is 0.235 e. The van der Waals surface area contributed by atoms with Crippen LogP contribution >= 0.6 is 0 Å². The Morgan fingerprint density at radius 1 is 1.37 bits per heavy atom. The van der Waals surface area contributed by atoms with Crippen LogP contribution in [0, 0.1) is 11.8 Å². The minimum Gasteiger partial charge on any atom is -0.356 e. The van der Waals surface area contributed by atoms with Gasteiger partial charge < -0.3 is 10.6 Å². The fourth-order valence-corrected chi connectivity index (χ4v) is 3.16. The molecule has 1 spiro atoms. The number of hydrogen-bond donors (Lipinski definition) is 2. The van der Waals surface area contributed by atoms with E-state index in [9.17, 15) is 9.59 Å². The van der Waals surface area contributed by atoms with E-state index in [1.807, 2.05) is 24.3 Å². The van der Waals surface area contributed by atoms with Gasteiger partial charge in [0.2, 0.25) is 11.8 Å². The van der Waals surface area contributed by atoms with E-state index in [0.717, 1.165) is 17.8 Å². The number of hydrogen-bond acceptors (Lipinski definition) is 2. The average molecular weight is 256 g/mol.